The van der Waals surface area contributed by atoms with Gasteiger partial charge in [0.1, 0.15) is 0 Å². The third-order valence-corrected chi connectivity index (χ3v) is 4.58. The van der Waals surface area contributed by atoms with Crippen LogP contribution in [0.2, 0.25) is 0 Å². The molecule has 1 rings (SSSR count). The van der Waals surface area contributed by atoms with Gasteiger partial charge in [0.25, 0.3) is 0 Å². The van der Waals surface area contributed by atoms with Crippen molar-refractivity contribution in [2.45, 2.75) is 97.8 Å². The van der Waals surface area contributed by atoms with Crippen LogP contribution in [0.5, 0.6) is 11.5 Å². The first-order valence-corrected chi connectivity index (χ1v) is 10.6. The third kappa shape index (κ3) is 10.2. The molecule has 0 aromatic heterocycles. The Morgan fingerprint density at radius 2 is 1.26 bits per heavy atom. The van der Waals surface area contributed by atoms with E-state index in [1.165, 1.54) is 25.7 Å². The van der Waals surface area contributed by atoms with E-state index in [2.05, 4.69) is 13.8 Å². The van der Waals surface area contributed by atoms with E-state index in [0.717, 1.165) is 44.1 Å². The summed E-state index contributed by atoms with van der Waals surface area (Å²) < 4.78 is 11.0. The first-order chi connectivity index (χ1) is 13.1. The molecule has 0 saturated heterocycles. The maximum atomic E-state index is 12.1. The van der Waals surface area contributed by atoms with E-state index in [4.69, 9.17) is 9.47 Å². The summed E-state index contributed by atoms with van der Waals surface area (Å²) in [4.78, 5) is 24.2. The normalized spacial score (nSPS) is 10.6. The molecule has 0 saturated carbocycles. The molecule has 152 valence electrons. The highest BCUT2D eigenvalue weighted by Crippen LogP contribution is 2.31. The number of rotatable bonds is 14. The number of hydrogen-bond donors (Lipinski definition) is 0. The molecule has 0 aliphatic heterocycles. The number of ether oxygens (including phenoxy) is 2. The summed E-state index contributed by atoms with van der Waals surface area (Å²) in [6, 6.07) is 5.35. The van der Waals surface area contributed by atoms with E-state index in [9.17, 15) is 9.59 Å². The molecule has 0 amide bonds. The van der Waals surface area contributed by atoms with Crippen LogP contribution in [-0.2, 0) is 9.59 Å². The van der Waals surface area contributed by atoms with Crippen LogP contribution in [0.3, 0.4) is 0 Å². The van der Waals surface area contributed by atoms with Crippen molar-refractivity contribution in [3.63, 3.8) is 0 Å². The minimum atomic E-state index is -0.269. The third-order valence-electron chi connectivity index (χ3n) is 4.58. The molecule has 0 radical (unpaired) electrons. The van der Waals surface area contributed by atoms with Gasteiger partial charge in [-0.1, -0.05) is 77.3 Å². The highest BCUT2D eigenvalue weighted by Gasteiger charge is 2.15. The van der Waals surface area contributed by atoms with E-state index in [1.54, 1.807) is 12.1 Å². The van der Waals surface area contributed by atoms with Crippen LogP contribution in [0.15, 0.2) is 18.2 Å². The van der Waals surface area contributed by atoms with Gasteiger partial charge in [0.2, 0.25) is 0 Å². The largest absolute Gasteiger partial charge is 0.423 e. The van der Waals surface area contributed by atoms with Gasteiger partial charge in [-0.3, -0.25) is 9.59 Å². The summed E-state index contributed by atoms with van der Waals surface area (Å²) in [5.41, 5.74) is 0.794. The zero-order valence-corrected chi connectivity index (χ0v) is 17.4. The fourth-order valence-corrected chi connectivity index (χ4v) is 2.92. The fraction of sp³-hybridized carbons (Fsp3) is 0.652. The lowest BCUT2D eigenvalue weighted by Gasteiger charge is -2.13. The van der Waals surface area contributed by atoms with Crippen molar-refractivity contribution < 1.29 is 19.1 Å². The lowest BCUT2D eigenvalue weighted by Crippen LogP contribution is -2.12. The Hall–Kier alpha value is -1.84. The van der Waals surface area contributed by atoms with Gasteiger partial charge in [0.05, 0.1) is 0 Å². The Morgan fingerprint density at radius 3 is 1.81 bits per heavy atom. The van der Waals surface area contributed by atoms with Gasteiger partial charge in [0, 0.05) is 12.8 Å². The van der Waals surface area contributed by atoms with E-state index in [0.29, 0.717) is 24.3 Å². The fourth-order valence-electron chi connectivity index (χ4n) is 2.92. The van der Waals surface area contributed by atoms with Gasteiger partial charge >= 0.3 is 11.9 Å². The molecular formula is C23H36O4. The predicted octanol–water partition coefficient (Wildman–Crippen LogP) is 6.53. The van der Waals surface area contributed by atoms with Crippen molar-refractivity contribution in [1.82, 2.24) is 0 Å². The van der Waals surface area contributed by atoms with Gasteiger partial charge < -0.3 is 9.47 Å². The number of aryl methyl sites for hydroxylation is 1. The van der Waals surface area contributed by atoms with Gasteiger partial charge in [-0.2, -0.15) is 0 Å². The zero-order chi connectivity index (χ0) is 19.9. The Labute approximate surface area is 164 Å². The van der Waals surface area contributed by atoms with Crippen molar-refractivity contribution in [2.75, 3.05) is 0 Å². The molecule has 0 fully saturated rings. The van der Waals surface area contributed by atoms with Crippen molar-refractivity contribution >= 4 is 11.9 Å². The number of carbonyl (C=O) groups excluding carboxylic acids is 2. The van der Waals surface area contributed by atoms with Gasteiger partial charge in [-0.05, 0) is 31.4 Å². The summed E-state index contributed by atoms with van der Waals surface area (Å²) in [6.45, 7) is 6.19. The second-order valence-electron chi connectivity index (χ2n) is 7.18. The number of esters is 2. The topological polar surface area (TPSA) is 52.6 Å². The van der Waals surface area contributed by atoms with E-state index < -0.39 is 0 Å². The summed E-state index contributed by atoms with van der Waals surface area (Å²) in [5.74, 6) is 0.176. The number of benzene rings is 1. The van der Waals surface area contributed by atoms with Crippen molar-refractivity contribution in [1.29, 1.82) is 0 Å². The molecule has 0 aliphatic carbocycles. The van der Waals surface area contributed by atoms with Crippen LogP contribution >= 0.6 is 0 Å². The Kier molecular flexibility index (Phi) is 12.2. The number of hydrogen-bond acceptors (Lipinski definition) is 4. The van der Waals surface area contributed by atoms with Crippen LogP contribution < -0.4 is 9.47 Å². The second kappa shape index (κ2) is 14.2. The number of carbonyl (C=O) groups is 2. The number of para-hydroxylation sites is 1. The number of unbranched alkanes of at least 4 members (excludes halogenated alkanes) is 8. The Balaban J connectivity index is 2.50. The van der Waals surface area contributed by atoms with E-state index >= 15 is 0 Å². The molecule has 1 aromatic rings. The lowest BCUT2D eigenvalue weighted by molar-refractivity contribution is -0.137. The van der Waals surface area contributed by atoms with Crippen molar-refractivity contribution in [2.24, 2.45) is 0 Å². The Morgan fingerprint density at radius 1 is 0.741 bits per heavy atom. The standard InChI is InChI=1S/C23H36O4/c1-4-6-8-10-12-17-21(24)26-20-16-14-15-19(3)23(20)27-22(25)18-13-11-9-7-5-2/h14-16H,4-13,17-18H2,1-3H3. The molecule has 1 aromatic carbocycles. The van der Waals surface area contributed by atoms with Crippen LogP contribution in [0.4, 0.5) is 0 Å². The van der Waals surface area contributed by atoms with Crippen LogP contribution in [0.25, 0.3) is 0 Å². The second-order valence-corrected chi connectivity index (χ2v) is 7.18. The molecule has 0 heterocycles. The molecule has 0 unspecified atom stereocenters. The summed E-state index contributed by atoms with van der Waals surface area (Å²) in [5, 5.41) is 0. The lowest BCUT2D eigenvalue weighted by atomic mass is 10.1. The predicted molar refractivity (Wildman–Crippen MR) is 109 cm³/mol. The quantitative estimate of drug-likeness (QED) is 0.210. The Bertz CT molecular complexity index is 565. The molecule has 0 spiro atoms. The molecule has 0 bridgehead atoms. The highest BCUT2D eigenvalue weighted by molar-refractivity contribution is 5.76. The highest BCUT2D eigenvalue weighted by atomic mass is 16.6. The van der Waals surface area contributed by atoms with E-state index in [1.807, 2.05) is 13.0 Å². The summed E-state index contributed by atoms with van der Waals surface area (Å²) in [6.07, 6.45) is 11.6. The van der Waals surface area contributed by atoms with Gasteiger partial charge in [-0.15, -0.1) is 0 Å². The first kappa shape index (κ1) is 23.2. The summed E-state index contributed by atoms with van der Waals surface area (Å²) >= 11 is 0. The molecule has 0 atom stereocenters. The van der Waals surface area contributed by atoms with Gasteiger partial charge in [-0.25, -0.2) is 0 Å². The molecule has 0 N–H and O–H groups in total. The first-order valence-electron chi connectivity index (χ1n) is 10.6. The zero-order valence-electron chi connectivity index (χ0n) is 17.4. The average Bonchev–Trinajstić information content (AvgIpc) is 2.64. The van der Waals surface area contributed by atoms with Crippen LogP contribution in [0.1, 0.15) is 96.5 Å². The molecular weight excluding hydrogens is 340 g/mol. The SMILES string of the molecule is CCCCCCCC(=O)Oc1cccc(C)c1OC(=O)CCCCCCC. The summed E-state index contributed by atoms with van der Waals surface area (Å²) in [7, 11) is 0. The molecule has 27 heavy (non-hydrogen) atoms. The maximum absolute atomic E-state index is 12.1. The molecule has 4 nitrogen and oxygen atoms in total. The van der Waals surface area contributed by atoms with Crippen molar-refractivity contribution in [3.05, 3.63) is 23.8 Å². The minimum absolute atomic E-state index is 0.266. The van der Waals surface area contributed by atoms with Crippen LogP contribution in [0, 0.1) is 6.92 Å². The molecule has 0 aliphatic rings. The van der Waals surface area contributed by atoms with E-state index in [-0.39, 0.29) is 11.9 Å². The van der Waals surface area contributed by atoms with Crippen LogP contribution in [-0.4, -0.2) is 11.9 Å². The maximum Gasteiger partial charge on any atom is 0.311 e. The van der Waals surface area contributed by atoms with Crippen molar-refractivity contribution in [3.8, 4) is 11.5 Å². The average molecular weight is 377 g/mol. The minimum Gasteiger partial charge on any atom is -0.423 e. The van der Waals surface area contributed by atoms with Gasteiger partial charge in [0.15, 0.2) is 11.5 Å². The monoisotopic (exact) mass is 376 g/mol. The molecule has 4 heteroatoms. The smallest absolute Gasteiger partial charge is 0.311 e.